The van der Waals surface area contributed by atoms with Crippen LogP contribution in [-0.2, 0) is 10.2 Å². The Balaban J connectivity index is 1.72. The van der Waals surface area contributed by atoms with Gasteiger partial charge in [0.2, 0.25) is 5.91 Å². The van der Waals surface area contributed by atoms with E-state index in [1.54, 1.807) is 0 Å². The van der Waals surface area contributed by atoms with Crippen molar-refractivity contribution in [3.05, 3.63) is 60.3 Å². The maximum absolute atomic E-state index is 12.1. The second kappa shape index (κ2) is 4.81. The van der Waals surface area contributed by atoms with Gasteiger partial charge in [0, 0.05) is 23.0 Å². The lowest BCUT2D eigenvalue weighted by Crippen LogP contribution is -2.26. The molecule has 1 aliphatic heterocycles. The number of nitrogens with one attached hydrogen (secondary N) is 2. The third-order valence-corrected chi connectivity index (χ3v) is 4.43. The summed E-state index contributed by atoms with van der Waals surface area (Å²) in [6.07, 6.45) is 1.90. The van der Waals surface area contributed by atoms with E-state index in [0.29, 0.717) is 0 Å². The van der Waals surface area contributed by atoms with Gasteiger partial charge in [-0.05, 0) is 25.5 Å². The number of imidazole rings is 1. The largest absolute Gasteiger partial charge is 0.344 e. The minimum absolute atomic E-state index is 0.0362. The van der Waals surface area contributed by atoms with Crippen molar-refractivity contribution in [2.24, 2.45) is 0 Å². The standard InChI is InChI=1S/C19H17N3O/c1-19(2)14-9-8-13(10-15(14)22-18(19)23)17-20-11-16(21-17)12-6-4-3-5-7-12/h3-11H,1-2H3,(H,20,21)(H,22,23). The van der Waals surface area contributed by atoms with E-state index in [-0.39, 0.29) is 5.91 Å². The molecule has 3 aromatic rings. The van der Waals surface area contributed by atoms with Gasteiger partial charge in [-0.25, -0.2) is 4.98 Å². The number of fused-ring (bicyclic) bond motifs is 1. The fraction of sp³-hybridized carbons (Fsp3) is 0.158. The number of amides is 1. The number of carbonyl (C=O) groups is 1. The highest BCUT2D eigenvalue weighted by molar-refractivity contribution is 6.06. The molecule has 2 aromatic carbocycles. The summed E-state index contributed by atoms with van der Waals surface area (Å²) < 4.78 is 0. The van der Waals surface area contributed by atoms with E-state index >= 15 is 0 Å². The summed E-state index contributed by atoms with van der Waals surface area (Å²) in [5.41, 5.74) is 4.36. The van der Waals surface area contributed by atoms with E-state index in [1.807, 2.05) is 68.6 Å². The Kier molecular flexibility index (Phi) is 2.88. The van der Waals surface area contributed by atoms with Gasteiger partial charge in [0.05, 0.1) is 11.1 Å². The molecule has 1 amide bonds. The first-order valence-corrected chi connectivity index (χ1v) is 7.63. The van der Waals surface area contributed by atoms with Crippen LogP contribution in [0.5, 0.6) is 0 Å². The maximum atomic E-state index is 12.1. The van der Waals surface area contributed by atoms with Gasteiger partial charge in [0.1, 0.15) is 5.82 Å². The molecule has 0 atom stereocenters. The number of nitrogens with zero attached hydrogens (tertiary/aromatic N) is 1. The number of anilines is 1. The summed E-state index contributed by atoms with van der Waals surface area (Å²) in [5, 5.41) is 2.96. The van der Waals surface area contributed by atoms with Gasteiger partial charge in [-0.2, -0.15) is 0 Å². The predicted molar refractivity (Wildman–Crippen MR) is 91.1 cm³/mol. The number of rotatable bonds is 2. The molecule has 0 aliphatic carbocycles. The molecule has 4 rings (SSSR count). The minimum Gasteiger partial charge on any atom is -0.344 e. The first kappa shape index (κ1) is 13.8. The van der Waals surface area contributed by atoms with Gasteiger partial charge < -0.3 is 10.3 Å². The van der Waals surface area contributed by atoms with E-state index in [4.69, 9.17) is 0 Å². The Labute approximate surface area is 134 Å². The molecule has 0 bridgehead atoms. The van der Waals surface area contributed by atoms with Crippen LogP contribution in [0.1, 0.15) is 19.4 Å². The van der Waals surface area contributed by atoms with Crippen LogP contribution in [0.2, 0.25) is 0 Å². The number of aromatic nitrogens is 2. The van der Waals surface area contributed by atoms with Crippen LogP contribution in [0.25, 0.3) is 22.6 Å². The smallest absolute Gasteiger partial charge is 0.234 e. The first-order chi connectivity index (χ1) is 11.1. The summed E-state index contributed by atoms with van der Waals surface area (Å²) in [7, 11) is 0. The summed E-state index contributed by atoms with van der Waals surface area (Å²) in [4.78, 5) is 19.9. The third-order valence-electron chi connectivity index (χ3n) is 4.43. The van der Waals surface area contributed by atoms with E-state index < -0.39 is 5.41 Å². The molecule has 0 unspecified atom stereocenters. The lowest BCUT2D eigenvalue weighted by Gasteiger charge is -2.14. The number of carbonyl (C=O) groups excluding carboxylic acids is 1. The summed E-state index contributed by atoms with van der Waals surface area (Å²) in [6, 6.07) is 16.0. The second-order valence-corrected chi connectivity index (χ2v) is 6.34. The van der Waals surface area contributed by atoms with E-state index in [9.17, 15) is 4.79 Å². The maximum Gasteiger partial charge on any atom is 0.234 e. The lowest BCUT2D eigenvalue weighted by molar-refractivity contribution is -0.119. The topological polar surface area (TPSA) is 57.8 Å². The molecule has 1 aromatic heterocycles. The first-order valence-electron chi connectivity index (χ1n) is 7.63. The van der Waals surface area contributed by atoms with Crippen molar-refractivity contribution in [1.82, 2.24) is 9.97 Å². The van der Waals surface area contributed by atoms with Gasteiger partial charge >= 0.3 is 0 Å². The van der Waals surface area contributed by atoms with Crippen LogP contribution in [0.4, 0.5) is 5.69 Å². The molecule has 0 saturated carbocycles. The summed E-state index contributed by atoms with van der Waals surface area (Å²) >= 11 is 0. The van der Waals surface area contributed by atoms with Crippen LogP contribution >= 0.6 is 0 Å². The summed E-state index contributed by atoms with van der Waals surface area (Å²) in [6.45, 7) is 3.88. The SMILES string of the molecule is CC1(C)C(=O)Nc2cc(-c3nc(-c4ccccc4)c[nH]3)ccc21. The van der Waals surface area contributed by atoms with Crippen molar-refractivity contribution in [1.29, 1.82) is 0 Å². The minimum atomic E-state index is -0.480. The molecule has 0 saturated heterocycles. The van der Waals surface area contributed by atoms with E-state index in [2.05, 4.69) is 15.3 Å². The predicted octanol–water partition coefficient (Wildman–Crippen LogP) is 3.97. The monoisotopic (exact) mass is 303 g/mol. The fourth-order valence-electron chi connectivity index (χ4n) is 2.97. The van der Waals surface area contributed by atoms with Crippen LogP contribution in [0, 0.1) is 0 Å². The number of benzene rings is 2. The molecule has 114 valence electrons. The number of aromatic amines is 1. The zero-order valence-corrected chi connectivity index (χ0v) is 13.1. The number of hydrogen-bond acceptors (Lipinski definition) is 2. The zero-order chi connectivity index (χ0) is 16.0. The molecule has 1 aliphatic rings. The molecule has 0 spiro atoms. The lowest BCUT2D eigenvalue weighted by atomic mass is 9.86. The van der Waals surface area contributed by atoms with Crippen LogP contribution in [0.3, 0.4) is 0 Å². The van der Waals surface area contributed by atoms with Crippen molar-refractivity contribution in [2.75, 3.05) is 5.32 Å². The van der Waals surface area contributed by atoms with Gasteiger partial charge in [0.15, 0.2) is 0 Å². The van der Waals surface area contributed by atoms with Crippen molar-refractivity contribution in [3.8, 4) is 22.6 Å². The van der Waals surface area contributed by atoms with Crippen LogP contribution < -0.4 is 5.32 Å². The Hall–Kier alpha value is -2.88. The van der Waals surface area contributed by atoms with Crippen molar-refractivity contribution in [3.63, 3.8) is 0 Å². The molecule has 2 N–H and O–H groups in total. The summed E-state index contributed by atoms with van der Waals surface area (Å²) in [5.74, 6) is 0.833. The number of H-pyrrole nitrogens is 1. The normalized spacial score (nSPS) is 15.3. The second-order valence-electron chi connectivity index (χ2n) is 6.34. The zero-order valence-electron chi connectivity index (χ0n) is 13.1. The molecule has 0 radical (unpaired) electrons. The van der Waals surface area contributed by atoms with E-state index in [0.717, 1.165) is 33.9 Å². The Morgan fingerprint density at radius 3 is 2.57 bits per heavy atom. The van der Waals surface area contributed by atoms with Crippen molar-refractivity contribution < 1.29 is 4.79 Å². The van der Waals surface area contributed by atoms with Crippen molar-refractivity contribution in [2.45, 2.75) is 19.3 Å². The molecule has 4 heteroatoms. The highest BCUT2D eigenvalue weighted by Gasteiger charge is 2.38. The Morgan fingerprint density at radius 2 is 1.78 bits per heavy atom. The van der Waals surface area contributed by atoms with Crippen LogP contribution in [-0.4, -0.2) is 15.9 Å². The number of hydrogen-bond donors (Lipinski definition) is 2. The van der Waals surface area contributed by atoms with Crippen LogP contribution in [0.15, 0.2) is 54.7 Å². The molecular formula is C19H17N3O. The molecule has 4 nitrogen and oxygen atoms in total. The molecular weight excluding hydrogens is 286 g/mol. The molecule has 0 fully saturated rings. The molecule has 2 heterocycles. The Bertz CT molecular complexity index is 894. The molecule has 23 heavy (non-hydrogen) atoms. The average Bonchev–Trinajstić information content (AvgIpc) is 3.12. The highest BCUT2D eigenvalue weighted by Crippen LogP contribution is 2.39. The Morgan fingerprint density at radius 1 is 1.00 bits per heavy atom. The van der Waals surface area contributed by atoms with Gasteiger partial charge in [0.25, 0.3) is 0 Å². The van der Waals surface area contributed by atoms with Gasteiger partial charge in [-0.15, -0.1) is 0 Å². The van der Waals surface area contributed by atoms with Gasteiger partial charge in [-0.1, -0.05) is 42.5 Å². The third kappa shape index (κ3) is 2.14. The highest BCUT2D eigenvalue weighted by atomic mass is 16.2. The van der Waals surface area contributed by atoms with Crippen molar-refractivity contribution >= 4 is 11.6 Å². The van der Waals surface area contributed by atoms with E-state index in [1.165, 1.54) is 0 Å². The quantitative estimate of drug-likeness (QED) is 0.752. The van der Waals surface area contributed by atoms with Gasteiger partial charge in [-0.3, -0.25) is 4.79 Å². The average molecular weight is 303 g/mol. The fourth-order valence-corrected chi connectivity index (χ4v) is 2.97.